The topological polar surface area (TPSA) is 58.6 Å². The minimum absolute atomic E-state index is 0.122. The van der Waals surface area contributed by atoms with Crippen molar-refractivity contribution in [1.29, 1.82) is 0 Å². The van der Waals surface area contributed by atoms with Crippen LogP contribution in [-0.2, 0) is 9.53 Å². The van der Waals surface area contributed by atoms with Crippen LogP contribution < -0.4 is 5.32 Å². The van der Waals surface area contributed by atoms with Crippen LogP contribution in [0.25, 0.3) is 0 Å². The normalized spacial score (nSPS) is 24.7. The Kier molecular flexibility index (Phi) is 5.27. The molecule has 0 bridgehead atoms. The standard InChI is InChI=1S/C11H19F2NO3/c1-2-8(3-4-15)6-14-7-9-5-11(12,13)10(16)17-9/h8-9,14-15H,2-7H2,1H3. The molecule has 0 amide bonds. The highest BCUT2D eigenvalue weighted by Crippen LogP contribution is 2.30. The average Bonchev–Trinajstić information content (AvgIpc) is 2.51. The molecular weight excluding hydrogens is 232 g/mol. The van der Waals surface area contributed by atoms with Gasteiger partial charge in [0.25, 0.3) is 0 Å². The Morgan fingerprint density at radius 1 is 1.65 bits per heavy atom. The first-order chi connectivity index (χ1) is 7.99. The summed E-state index contributed by atoms with van der Waals surface area (Å²) in [5.74, 6) is -4.44. The molecule has 1 fully saturated rings. The SMILES string of the molecule is CCC(CCO)CNCC1CC(F)(F)C(=O)O1. The number of aliphatic hydroxyl groups is 1. The van der Waals surface area contributed by atoms with Gasteiger partial charge in [0, 0.05) is 13.2 Å². The highest BCUT2D eigenvalue weighted by molar-refractivity contribution is 5.79. The minimum atomic E-state index is -3.33. The van der Waals surface area contributed by atoms with Crippen LogP contribution in [0.2, 0.25) is 0 Å². The van der Waals surface area contributed by atoms with Gasteiger partial charge < -0.3 is 15.2 Å². The van der Waals surface area contributed by atoms with Gasteiger partial charge in [-0.2, -0.15) is 8.78 Å². The third-order valence-corrected chi connectivity index (χ3v) is 2.98. The van der Waals surface area contributed by atoms with Crippen molar-refractivity contribution in [3.63, 3.8) is 0 Å². The predicted octanol–water partition coefficient (Wildman–Crippen LogP) is 0.935. The number of esters is 1. The Balaban J connectivity index is 2.22. The van der Waals surface area contributed by atoms with Gasteiger partial charge in [-0.15, -0.1) is 0 Å². The summed E-state index contributed by atoms with van der Waals surface area (Å²) in [6.07, 6.45) is 0.303. The van der Waals surface area contributed by atoms with Gasteiger partial charge in [-0.1, -0.05) is 13.3 Å². The van der Waals surface area contributed by atoms with Crippen LogP contribution in [0.5, 0.6) is 0 Å². The smallest absolute Gasteiger partial charge is 0.377 e. The number of cyclic esters (lactones) is 1. The first kappa shape index (κ1) is 14.3. The number of aliphatic hydroxyl groups excluding tert-OH is 1. The van der Waals surface area contributed by atoms with E-state index in [0.717, 1.165) is 6.42 Å². The summed E-state index contributed by atoms with van der Waals surface area (Å²) in [5, 5.41) is 11.8. The van der Waals surface area contributed by atoms with Gasteiger partial charge in [0.2, 0.25) is 0 Å². The van der Waals surface area contributed by atoms with Crippen molar-refractivity contribution in [3.05, 3.63) is 0 Å². The zero-order valence-electron chi connectivity index (χ0n) is 9.92. The second-order valence-corrected chi connectivity index (χ2v) is 4.38. The van der Waals surface area contributed by atoms with Gasteiger partial charge >= 0.3 is 11.9 Å². The maximum absolute atomic E-state index is 12.8. The fourth-order valence-corrected chi connectivity index (χ4v) is 1.84. The maximum Gasteiger partial charge on any atom is 0.377 e. The third kappa shape index (κ3) is 4.20. The van der Waals surface area contributed by atoms with Crippen molar-refractivity contribution in [2.45, 2.75) is 38.2 Å². The fourth-order valence-electron chi connectivity index (χ4n) is 1.84. The van der Waals surface area contributed by atoms with E-state index >= 15 is 0 Å². The van der Waals surface area contributed by atoms with Crippen molar-refractivity contribution < 1.29 is 23.4 Å². The molecule has 0 spiro atoms. The predicted molar refractivity (Wildman–Crippen MR) is 57.8 cm³/mol. The molecule has 6 heteroatoms. The number of hydrogen-bond acceptors (Lipinski definition) is 4. The fraction of sp³-hybridized carbons (Fsp3) is 0.909. The number of rotatable bonds is 7. The van der Waals surface area contributed by atoms with E-state index < -0.39 is 24.4 Å². The second kappa shape index (κ2) is 6.26. The summed E-state index contributed by atoms with van der Waals surface area (Å²) in [4.78, 5) is 10.7. The zero-order chi connectivity index (χ0) is 12.9. The first-order valence-electron chi connectivity index (χ1n) is 5.90. The van der Waals surface area contributed by atoms with E-state index in [-0.39, 0.29) is 13.2 Å². The summed E-state index contributed by atoms with van der Waals surface area (Å²) in [5.41, 5.74) is 0. The molecule has 1 aliphatic rings. The van der Waals surface area contributed by atoms with Gasteiger partial charge in [0.15, 0.2) is 0 Å². The van der Waals surface area contributed by atoms with E-state index in [1.165, 1.54) is 0 Å². The largest absolute Gasteiger partial charge is 0.456 e. The number of halogens is 2. The number of carbonyl (C=O) groups excluding carboxylic acids is 1. The summed E-state index contributed by atoms with van der Waals surface area (Å²) < 4.78 is 30.2. The zero-order valence-corrected chi connectivity index (χ0v) is 9.92. The number of carbonyl (C=O) groups is 1. The molecule has 0 aromatic rings. The van der Waals surface area contributed by atoms with E-state index in [4.69, 9.17) is 5.11 Å². The Labute approximate surface area is 99.3 Å². The molecule has 0 radical (unpaired) electrons. The van der Waals surface area contributed by atoms with Gasteiger partial charge in [-0.25, -0.2) is 4.79 Å². The van der Waals surface area contributed by atoms with Crippen LogP contribution in [-0.4, -0.2) is 42.8 Å². The second-order valence-electron chi connectivity index (χ2n) is 4.38. The van der Waals surface area contributed by atoms with Crippen LogP contribution in [0, 0.1) is 5.92 Å². The van der Waals surface area contributed by atoms with Crippen LogP contribution in [0.15, 0.2) is 0 Å². The quantitative estimate of drug-likeness (QED) is 0.661. The molecule has 2 unspecified atom stereocenters. The average molecular weight is 251 g/mol. The Hall–Kier alpha value is -0.750. The molecular formula is C11H19F2NO3. The first-order valence-corrected chi connectivity index (χ1v) is 5.90. The van der Waals surface area contributed by atoms with E-state index in [1.54, 1.807) is 0 Å². The molecule has 100 valence electrons. The molecule has 2 atom stereocenters. The maximum atomic E-state index is 12.8. The number of ether oxygens (including phenoxy) is 1. The van der Waals surface area contributed by atoms with Gasteiger partial charge in [-0.05, 0) is 18.9 Å². The monoisotopic (exact) mass is 251 g/mol. The van der Waals surface area contributed by atoms with Crippen LogP contribution in [0.3, 0.4) is 0 Å². The molecule has 1 heterocycles. The van der Waals surface area contributed by atoms with Crippen molar-refractivity contribution in [2.24, 2.45) is 5.92 Å². The van der Waals surface area contributed by atoms with Crippen molar-refractivity contribution in [2.75, 3.05) is 19.7 Å². The molecule has 17 heavy (non-hydrogen) atoms. The number of hydrogen-bond donors (Lipinski definition) is 2. The minimum Gasteiger partial charge on any atom is -0.456 e. The highest BCUT2D eigenvalue weighted by Gasteiger charge is 2.50. The molecule has 0 saturated carbocycles. The van der Waals surface area contributed by atoms with Crippen molar-refractivity contribution >= 4 is 5.97 Å². The summed E-state index contributed by atoms with van der Waals surface area (Å²) in [7, 11) is 0. The van der Waals surface area contributed by atoms with E-state index in [0.29, 0.717) is 18.9 Å². The van der Waals surface area contributed by atoms with Crippen LogP contribution in [0.4, 0.5) is 8.78 Å². The molecule has 4 nitrogen and oxygen atoms in total. The van der Waals surface area contributed by atoms with Crippen molar-refractivity contribution in [1.82, 2.24) is 5.32 Å². The lowest BCUT2D eigenvalue weighted by atomic mass is 10.0. The molecule has 1 rings (SSSR count). The lowest BCUT2D eigenvalue weighted by Crippen LogP contribution is -2.31. The van der Waals surface area contributed by atoms with Crippen molar-refractivity contribution in [3.8, 4) is 0 Å². The Morgan fingerprint density at radius 3 is 2.82 bits per heavy atom. The van der Waals surface area contributed by atoms with Gasteiger partial charge in [0.1, 0.15) is 6.10 Å². The number of alkyl halides is 2. The summed E-state index contributed by atoms with van der Waals surface area (Å²) in [6.45, 7) is 3.00. The molecule has 1 aliphatic heterocycles. The Bertz CT molecular complexity index is 261. The molecule has 0 aromatic carbocycles. The van der Waals surface area contributed by atoms with E-state index in [2.05, 4.69) is 10.1 Å². The van der Waals surface area contributed by atoms with Crippen LogP contribution in [0.1, 0.15) is 26.2 Å². The molecule has 0 aliphatic carbocycles. The van der Waals surface area contributed by atoms with E-state index in [1.807, 2.05) is 6.92 Å². The summed E-state index contributed by atoms with van der Waals surface area (Å²) >= 11 is 0. The lowest BCUT2D eigenvalue weighted by Gasteiger charge is -2.16. The van der Waals surface area contributed by atoms with E-state index in [9.17, 15) is 13.6 Å². The molecule has 2 N–H and O–H groups in total. The highest BCUT2D eigenvalue weighted by atomic mass is 19.3. The molecule has 1 saturated heterocycles. The van der Waals surface area contributed by atoms with Gasteiger partial charge in [0.05, 0.1) is 6.42 Å². The summed E-state index contributed by atoms with van der Waals surface area (Å²) in [6, 6.07) is 0. The lowest BCUT2D eigenvalue weighted by molar-refractivity contribution is -0.159. The molecule has 0 aromatic heterocycles. The number of nitrogens with one attached hydrogen (secondary N) is 1. The Morgan fingerprint density at radius 2 is 2.35 bits per heavy atom. The third-order valence-electron chi connectivity index (χ3n) is 2.98. The van der Waals surface area contributed by atoms with Crippen LogP contribution >= 0.6 is 0 Å². The van der Waals surface area contributed by atoms with Gasteiger partial charge in [-0.3, -0.25) is 0 Å².